The van der Waals surface area contributed by atoms with Gasteiger partial charge in [0.1, 0.15) is 23.0 Å². The Kier molecular flexibility index (Phi) is 5.80. The molecule has 0 aliphatic heterocycles. The van der Waals surface area contributed by atoms with Gasteiger partial charge in [0.2, 0.25) is 0 Å². The van der Waals surface area contributed by atoms with Crippen LogP contribution in [0.15, 0.2) is 83.3 Å². The van der Waals surface area contributed by atoms with Crippen LogP contribution in [0.25, 0.3) is 55.8 Å². The lowest BCUT2D eigenvalue weighted by Gasteiger charge is -2.18. The molecule has 0 aliphatic rings. The number of hydrogen-bond donors (Lipinski definition) is 3. The smallest absolute Gasteiger partial charge is 0.255 e. The van der Waals surface area contributed by atoms with E-state index >= 15 is 0 Å². The first-order valence-corrected chi connectivity index (χ1v) is 12.4. The number of rotatable bonds is 5. The molecule has 2 aromatic heterocycles. The summed E-state index contributed by atoms with van der Waals surface area (Å²) in [5, 5.41) is 3.39. The van der Waals surface area contributed by atoms with Crippen LogP contribution in [0.2, 0.25) is 0 Å². The number of benzene rings is 4. The Morgan fingerprint density at radius 1 is 0.974 bits per heavy atom. The van der Waals surface area contributed by atoms with E-state index in [1.54, 1.807) is 19.2 Å². The van der Waals surface area contributed by atoms with Crippen LogP contribution in [0.3, 0.4) is 0 Å². The van der Waals surface area contributed by atoms with Crippen molar-refractivity contribution in [1.82, 2.24) is 15.3 Å². The molecule has 4 N–H and O–H groups in total. The molecule has 0 bridgehead atoms. The SMILES string of the molecule is CNC(=O)c1c(-c2ccc(F)cc2)oc2cc(N(C)C)c(-c3cccc(-c4nc5ccc(N)cc5[nH]4)c3)cc12. The molecule has 8 heteroatoms. The van der Waals surface area contributed by atoms with E-state index in [1.165, 1.54) is 12.1 Å². The molecule has 39 heavy (non-hydrogen) atoms. The Labute approximate surface area is 224 Å². The van der Waals surface area contributed by atoms with Gasteiger partial charge in [-0.3, -0.25) is 4.79 Å². The third-order valence-corrected chi connectivity index (χ3v) is 6.80. The molecule has 0 saturated carbocycles. The number of fused-ring (bicyclic) bond motifs is 2. The zero-order valence-corrected chi connectivity index (χ0v) is 21.7. The summed E-state index contributed by atoms with van der Waals surface area (Å²) in [6.45, 7) is 0. The van der Waals surface area contributed by atoms with E-state index in [9.17, 15) is 9.18 Å². The van der Waals surface area contributed by atoms with E-state index < -0.39 is 0 Å². The van der Waals surface area contributed by atoms with Crippen molar-refractivity contribution >= 4 is 39.3 Å². The van der Waals surface area contributed by atoms with Gasteiger partial charge in [0.25, 0.3) is 5.91 Å². The van der Waals surface area contributed by atoms with E-state index in [4.69, 9.17) is 15.1 Å². The first-order valence-electron chi connectivity index (χ1n) is 12.4. The maximum Gasteiger partial charge on any atom is 0.255 e. The van der Waals surface area contributed by atoms with Crippen molar-refractivity contribution in [2.24, 2.45) is 0 Å². The molecule has 0 fully saturated rings. The van der Waals surface area contributed by atoms with Crippen molar-refractivity contribution in [3.05, 3.63) is 90.2 Å². The highest BCUT2D eigenvalue weighted by Crippen LogP contribution is 2.41. The molecule has 4 aromatic carbocycles. The van der Waals surface area contributed by atoms with Crippen molar-refractivity contribution in [1.29, 1.82) is 0 Å². The fourth-order valence-corrected chi connectivity index (χ4v) is 4.89. The largest absolute Gasteiger partial charge is 0.455 e. The maximum absolute atomic E-state index is 13.6. The summed E-state index contributed by atoms with van der Waals surface area (Å²) in [4.78, 5) is 23.2. The molecule has 6 aromatic rings. The van der Waals surface area contributed by atoms with Gasteiger partial charge in [-0.25, -0.2) is 9.37 Å². The summed E-state index contributed by atoms with van der Waals surface area (Å²) in [6.07, 6.45) is 0. The number of nitrogens with zero attached hydrogens (tertiary/aromatic N) is 2. The van der Waals surface area contributed by atoms with Gasteiger partial charge in [-0.05, 0) is 60.2 Å². The standard InChI is InChI=1S/C31H26FN5O2/c1-34-31(38)28-23-15-22(26(37(2)3)16-27(23)39-29(28)17-7-9-20(32)10-8-17)18-5-4-6-19(13-18)30-35-24-12-11-21(33)14-25(24)36-30/h4-16H,33H2,1-3H3,(H,34,38)(H,35,36). The number of H-pyrrole nitrogens is 1. The van der Waals surface area contributed by atoms with Crippen LogP contribution in [0, 0.1) is 5.82 Å². The number of nitrogens with two attached hydrogens (primary N) is 1. The number of carbonyl (C=O) groups is 1. The van der Waals surface area contributed by atoms with Crippen molar-refractivity contribution in [2.75, 3.05) is 31.8 Å². The average Bonchev–Trinajstić information content (AvgIpc) is 3.53. The quantitative estimate of drug-likeness (QED) is 0.227. The van der Waals surface area contributed by atoms with E-state index in [0.29, 0.717) is 33.5 Å². The Balaban J connectivity index is 1.55. The maximum atomic E-state index is 13.6. The first-order chi connectivity index (χ1) is 18.8. The van der Waals surface area contributed by atoms with Gasteiger partial charge in [-0.1, -0.05) is 18.2 Å². The number of carbonyl (C=O) groups excluding carboxylic acids is 1. The summed E-state index contributed by atoms with van der Waals surface area (Å²) in [6, 6.07) is 23.5. The van der Waals surface area contributed by atoms with Crippen molar-refractivity contribution in [3.8, 4) is 33.8 Å². The number of imidazole rings is 1. The zero-order valence-electron chi connectivity index (χ0n) is 21.7. The predicted octanol–water partition coefficient (Wildman–Crippen LogP) is 6.46. The number of halogens is 1. The third kappa shape index (κ3) is 4.25. The van der Waals surface area contributed by atoms with Crippen LogP contribution in [0.4, 0.5) is 15.8 Å². The lowest BCUT2D eigenvalue weighted by Crippen LogP contribution is -2.18. The molecule has 0 radical (unpaired) electrons. The van der Waals surface area contributed by atoms with Crippen LogP contribution in [0.1, 0.15) is 10.4 Å². The second kappa shape index (κ2) is 9.33. The van der Waals surface area contributed by atoms with E-state index in [2.05, 4.69) is 16.4 Å². The zero-order chi connectivity index (χ0) is 27.3. The summed E-state index contributed by atoms with van der Waals surface area (Å²) >= 11 is 0. The molecule has 0 unspecified atom stereocenters. The number of aromatic amines is 1. The fraction of sp³-hybridized carbons (Fsp3) is 0.0968. The van der Waals surface area contributed by atoms with E-state index in [1.807, 2.05) is 67.5 Å². The van der Waals surface area contributed by atoms with Crippen LogP contribution >= 0.6 is 0 Å². The van der Waals surface area contributed by atoms with Gasteiger partial charge in [0.05, 0.1) is 16.6 Å². The summed E-state index contributed by atoms with van der Waals surface area (Å²) in [7, 11) is 5.50. The molecule has 0 saturated heterocycles. The second-order valence-electron chi connectivity index (χ2n) is 9.59. The number of hydrogen-bond acceptors (Lipinski definition) is 5. The number of nitrogens with one attached hydrogen (secondary N) is 2. The predicted molar refractivity (Wildman–Crippen MR) is 154 cm³/mol. The van der Waals surface area contributed by atoms with Crippen LogP contribution in [-0.2, 0) is 0 Å². The van der Waals surface area contributed by atoms with Gasteiger partial charge in [-0.2, -0.15) is 0 Å². The monoisotopic (exact) mass is 519 g/mol. The molecular weight excluding hydrogens is 493 g/mol. The normalized spacial score (nSPS) is 11.3. The number of furan rings is 1. The topological polar surface area (TPSA) is 100 Å². The minimum Gasteiger partial charge on any atom is -0.455 e. The molecule has 0 spiro atoms. The molecule has 7 nitrogen and oxygen atoms in total. The molecule has 0 aliphatic carbocycles. The van der Waals surface area contributed by atoms with Gasteiger partial charge >= 0.3 is 0 Å². The number of anilines is 2. The fourth-order valence-electron chi connectivity index (χ4n) is 4.89. The Morgan fingerprint density at radius 3 is 2.49 bits per heavy atom. The molecule has 0 atom stereocenters. The third-order valence-electron chi connectivity index (χ3n) is 6.80. The van der Waals surface area contributed by atoms with Gasteiger partial charge < -0.3 is 25.4 Å². The molecule has 6 rings (SSSR count). The van der Waals surface area contributed by atoms with Gasteiger partial charge in [-0.15, -0.1) is 0 Å². The molecule has 1 amide bonds. The lowest BCUT2D eigenvalue weighted by molar-refractivity contribution is 0.0964. The molecule has 194 valence electrons. The minimum atomic E-state index is -0.360. The highest BCUT2D eigenvalue weighted by molar-refractivity contribution is 6.13. The Hall–Kier alpha value is -5.11. The summed E-state index contributed by atoms with van der Waals surface area (Å²) in [5.41, 5.74) is 13.6. The molecule has 2 heterocycles. The van der Waals surface area contributed by atoms with Crippen molar-refractivity contribution in [2.45, 2.75) is 0 Å². The highest BCUT2D eigenvalue weighted by Gasteiger charge is 2.24. The highest BCUT2D eigenvalue weighted by atomic mass is 19.1. The minimum absolute atomic E-state index is 0.285. The summed E-state index contributed by atoms with van der Waals surface area (Å²) < 4.78 is 19.9. The first kappa shape index (κ1) is 24.2. The van der Waals surface area contributed by atoms with Crippen molar-refractivity contribution in [3.63, 3.8) is 0 Å². The number of nitrogen functional groups attached to an aromatic ring is 1. The van der Waals surface area contributed by atoms with Gasteiger partial charge in [0.15, 0.2) is 0 Å². The van der Waals surface area contributed by atoms with E-state index in [0.717, 1.165) is 39.2 Å². The lowest BCUT2D eigenvalue weighted by atomic mass is 9.97. The van der Waals surface area contributed by atoms with Gasteiger partial charge in [0, 0.05) is 60.7 Å². The number of aromatic nitrogens is 2. The Morgan fingerprint density at radius 2 is 1.74 bits per heavy atom. The number of amides is 1. The average molecular weight is 520 g/mol. The van der Waals surface area contributed by atoms with Crippen molar-refractivity contribution < 1.29 is 13.6 Å². The van der Waals surface area contributed by atoms with Crippen LogP contribution < -0.4 is 16.0 Å². The summed E-state index contributed by atoms with van der Waals surface area (Å²) in [5.74, 6) is 0.479. The van der Waals surface area contributed by atoms with E-state index in [-0.39, 0.29) is 11.7 Å². The Bertz CT molecular complexity index is 1870. The molecular formula is C31H26FN5O2. The van der Waals surface area contributed by atoms with Crippen LogP contribution in [0.5, 0.6) is 0 Å². The second-order valence-corrected chi connectivity index (χ2v) is 9.59. The van der Waals surface area contributed by atoms with Crippen LogP contribution in [-0.4, -0.2) is 37.0 Å².